The fourth-order valence-electron chi connectivity index (χ4n) is 1.76. The van der Waals surface area contributed by atoms with E-state index in [1.165, 1.54) is 7.11 Å². The highest BCUT2D eigenvalue weighted by Crippen LogP contribution is 2.26. The highest BCUT2D eigenvalue weighted by atomic mass is 16.5. The van der Waals surface area contributed by atoms with Crippen molar-refractivity contribution in [2.24, 2.45) is 10.9 Å². The molecular formula is C12H19N3O4. The molecule has 0 aliphatic heterocycles. The standard InChI is InChI=1S/C12H19N3O4/c1-19-9-2-3-10(12(13)14-18)11(8-9)15(4-6-16)5-7-17/h2-3,8,16-18H,4-7H2,1H3,(H2,13,14). The van der Waals surface area contributed by atoms with Crippen LogP contribution in [-0.2, 0) is 0 Å². The van der Waals surface area contributed by atoms with Crippen molar-refractivity contribution in [3.63, 3.8) is 0 Å². The van der Waals surface area contributed by atoms with Crippen molar-refractivity contribution in [1.29, 1.82) is 0 Å². The summed E-state index contributed by atoms with van der Waals surface area (Å²) in [6.45, 7) is 0.485. The molecule has 0 saturated carbocycles. The molecule has 0 unspecified atom stereocenters. The number of oxime groups is 1. The van der Waals surface area contributed by atoms with E-state index in [0.29, 0.717) is 30.1 Å². The predicted octanol–water partition coefficient (Wildman–Crippen LogP) is -0.419. The first-order valence-electron chi connectivity index (χ1n) is 5.80. The van der Waals surface area contributed by atoms with Gasteiger partial charge in [-0.3, -0.25) is 0 Å². The summed E-state index contributed by atoms with van der Waals surface area (Å²) in [5, 5.41) is 29.9. The van der Waals surface area contributed by atoms with Crippen LogP contribution in [0.1, 0.15) is 5.56 Å². The van der Waals surface area contributed by atoms with Gasteiger partial charge in [-0.05, 0) is 12.1 Å². The van der Waals surface area contributed by atoms with E-state index in [4.69, 9.17) is 25.9 Å². The lowest BCUT2D eigenvalue weighted by Gasteiger charge is -2.25. The maximum Gasteiger partial charge on any atom is 0.172 e. The minimum atomic E-state index is -0.0766. The zero-order valence-corrected chi connectivity index (χ0v) is 10.8. The van der Waals surface area contributed by atoms with E-state index >= 15 is 0 Å². The first-order chi connectivity index (χ1) is 9.17. The molecule has 0 heterocycles. The number of aliphatic hydroxyl groups is 2. The van der Waals surface area contributed by atoms with E-state index in [0.717, 1.165) is 0 Å². The Morgan fingerprint density at radius 3 is 2.42 bits per heavy atom. The summed E-state index contributed by atoms with van der Waals surface area (Å²) in [5.41, 5.74) is 6.75. The second-order valence-corrected chi connectivity index (χ2v) is 3.80. The molecule has 5 N–H and O–H groups in total. The summed E-state index contributed by atoms with van der Waals surface area (Å²) < 4.78 is 5.13. The summed E-state index contributed by atoms with van der Waals surface area (Å²) in [6, 6.07) is 5.05. The van der Waals surface area contributed by atoms with Crippen molar-refractivity contribution in [2.75, 3.05) is 38.3 Å². The summed E-state index contributed by atoms with van der Waals surface area (Å²) >= 11 is 0. The maximum absolute atomic E-state index is 9.07. The van der Waals surface area contributed by atoms with Gasteiger partial charge in [0.15, 0.2) is 5.84 Å². The maximum atomic E-state index is 9.07. The third-order valence-corrected chi connectivity index (χ3v) is 2.67. The Labute approximate surface area is 111 Å². The number of hydrogen-bond donors (Lipinski definition) is 4. The summed E-state index contributed by atoms with van der Waals surface area (Å²) in [6.07, 6.45) is 0. The van der Waals surface area contributed by atoms with Crippen molar-refractivity contribution in [3.05, 3.63) is 23.8 Å². The zero-order chi connectivity index (χ0) is 14.3. The second kappa shape index (κ2) is 7.45. The van der Waals surface area contributed by atoms with Gasteiger partial charge in [0.1, 0.15) is 5.75 Å². The predicted molar refractivity (Wildman–Crippen MR) is 71.9 cm³/mol. The zero-order valence-electron chi connectivity index (χ0n) is 10.8. The van der Waals surface area contributed by atoms with Gasteiger partial charge in [-0.1, -0.05) is 5.16 Å². The van der Waals surface area contributed by atoms with Gasteiger partial charge in [0.05, 0.1) is 26.0 Å². The molecule has 1 rings (SSSR count). The van der Waals surface area contributed by atoms with Crippen LogP contribution in [0.3, 0.4) is 0 Å². The van der Waals surface area contributed by atoms with E-state index in [-0.39, 0.29) is 19.0 Å². The average Bonchev–Trinajstić information content (AvgIpc) is 2.45. The SMILES string of the molecule is COc1ccc(/C(N)=N/O)c(N(CCO)CCO)c1. The molecule has 106 valence electrons. The number of rotatable bonds is 7. The normalized spacial score (nSPS) is 11.4. The Kier molecular flexibility index (Phi) is 5.91. The number of hydrogen-bond acceptors (Lipinski definition) is 6. The van der Waals surface area contributed by atoms with Gasteiger partial charge in [-0.25, -0.2) is 0 Å². The molecule has 0 atom stereocenters. The Morgan fingerprint density at radius 1 is 1.32 bits per heavy atom. The van der Waals surface area contributed by atoms with Crippen LogP contribution in [0.5, 0.6) is 5.75 Å². The third-order valence-electron chi connectivity index (χ3n) is 2.67. The van der Waals surface area contributed by atoms with Gasteiger partial charge in [0.2, 0.25) is 0 Å². The highest BCUT2D eigenvalue weighted by Gasteiger charge is 2.14. The number of anilines is 1. The monoisotopic (exact) mass is 269 g/mol. The lowest BCUT2D eigenvalue weighted by atomic mass is 10.1. The first kappa shape index (κ1) is 15.1. The molecule has 1 aromatic rings. The van der Waals surface area contributed by atoms with Crippen LogP contribution in [0.4, 0.5) is 5.69 Å². The van der Waals surface area contributed by atoms with Crippen LogP contribution < -0.4 is 15.4 Å². The van der Waals surface area contributed by atoms with Gasteiger partial charge in [-0.2, -0.15) is 0 Å². The largest absolute Gasteiger partial charge is 0.497 e. The molecule has 1 aromatic carbocycles. The number of ether oxygens (including phenoxy) is 1. The summed E-state index contributed by atoms with van der Waals surface area (Å²) in [4.78, 5) is 1.73. The van der Waals surface area contributed by atoms with Crippen LogP contribution in [0.15, 0.2) is 23.4 Å². The first-order valence-corrected chi connectivity index (χ1v) is 5.80. The second-order valence-electron chi connectivity index (χ2n) is 3.80. The quantitative estimate of drug-likeness (QED) is 0.231. The molecule has 0 radical (unpaired) electrons. The van der Waals surface area contributed by atoms with Gasteiger partial charge in [0.25, 0.3) is 0 Å². The molecule has 0 aliphatic carbocycles. The van der Waals surface area contributed by atoms with Gasteiger partial charge in [0, 0.05) is 24.7 Å². The lowest BCUT2D eigenvalue weighted by molar-refractivity contribution is 0.281. The van der Waals surface area contributed by atoms with Gasteiger partial charge >= 0.3 is 0 Å². The Hall–Kier alpha value is -1.99. The molecule has 7 nitrogen and oxygen atoms in total. The Balaban J connectivity index is 3.25. The molecule has 0 aliphatic rings. The van der Waals surface area contributed by atoms with Crippen molar-refractivity contribution in [2.45, 2.75) is 0 Å². The van der Waals surface area contributed by atoms with Crippen molar-refractivity contribution in [1.82, 2.24) is 0 Å². The molecule has 0 bridgehead atoms. The minimum absolute atomic E-state index is 0.0430. The third kappa shape index (κ3) is 3.73. The number of nitrogens with zero attached hydrogens (tertiary/aromatic N) is 2. The van der Waals surface area contributed by atoms with E-state index in [9.17, 15) is 0 Å². The Bertz CT molecular complexity index is 431. The summed E-state index contributed by atoms with van der Waals surface area (Å²) in [5.74, 6) is 0.559. The number of aliphatic hydroxyl groups excluding tert-OH is 2. The average molecular weight is 269 g/mol. The van der Waals surface area contributed by atoms with Crippen LogP contribution in [0, 0.1) is 0 Å². The minimum Gasteiger partial charge on any atom is -0.497 e. The van der Waals surface area contributed by atoms with Gasteiger partial charge in [-0.15, -0.1) is 0 Å². The van der Waals surface area contributed by atoms with E-state index in [1.54, 1.807) is 23.1 Å². The number of benzene rings is 1. The number of methoxy groups -OCH3 is 1. The molecular weight excluding hydrogens is 250 g/mol. The topological polar surface area (TPSA) is 112 Å². The van der Waals surface area contributed by atoms with Crippen LogP contribution in [0.25, 0.3) is 0 Å². The highest BCUT2D eigenvalue weighted by molar-refractivity contribution is 6.02. The van der Waals surface area contributed by atoms with Crippen molar-refractivity contribution < 1.29 is 20.2 Å². The molecule has 19 heavy (non-hydrogen) atoms. The van der Waals surface area contributed by atoms with E-state index in [2.05, 4.69) is 5.16 Å². The summed E-state index contributed by atoms with van der Waals surface area (Å²) in [7, 11) is 1.53. The van der Waals surface area contributed by atoms with E-state index in [1.807, 2.05) is 0 Å². The fourth-order valence-corrected chi connectivity index (χ4v) is 1.76. The van der Waals surface area contributed by atoms with Crippen LogP contribution >= 0.6 is 0 Å². The molecule has 0 saturated heterocycles. The molecule has 7 heteroatoms. The molecule has 0 amide bonds. The van der Waals surface area contributed by atoms with E-state index < -0.39 is 0 Å². The van der Waals surface area contributed by atoms with Gasteiger partial charge < -0.3 is 30.8 Å². The molecule has 0 aromatic heterocycles. The number of nitrogens with two attached hydrogens (primary N) is 1. The van der Waals surface area contributed by atoms with Crippen molar-refractivity contribution in [3.8, 4) is 5.75 Å². The lowest BCUT2D eigenvalue weighted by Crippen LogP contribution is -2.32. The smallest absolute Gasteiger partial charge is 0.172 e. The molecule has 0 spiro atoms. The molecule has 0 fully saturated rings. The van der Waals surface area contributed by atoms with Crippen LogP contribution in [-0.4, -0.2) is 54.7 Å². The van der Waals surface area contributed by atoms with Crippen LogP contribution in [0.2, 0.25) is 0 Å². The fraction of sp³-hybridized carbons (Fsp3) is 0.417. The number of amidine groups is 1. The van der Waals surface area contributed by atoms with Crippen molar-refractivity contribution >= 4 is 11.5 Å². The Morgan fingerprint density at radius 2 is 1.95 bits per heavy atom.